The van der Waals surface area contributed by atoms with Crippen molar-refractivity contribution in [2.75, 3.05) is 5.73 Å². The summed E-state index contributed by atoms with van der Waals surface area (Å²) in [7, 11) is 0. The van der Waals surface area contributed by atoms with Crippen LogP contribution < -0.4 is 5.73 Å². The van der Waals surface area contributed by atoms with Gasteiger partial charge in [0.05, 0.1) is 24.8 Å². The molecule has 2 N–H and O–H groups in total. The van der Waals surface area contributed by atoms with Crippen LogP contribution in [0.15, 0.2) is 0 Å². The molecule has 0 unspecified atom stereocenters. The molecule has 0 radical (unpaired) electrons. The molecule has 0 atom stereocenters. The predicted octanol–water partition coefficient (Wildman–Crippen LogP) is 2.44. The van der Waals surface area contributed by atoms with E-state index in [1.165, 1.54) is 6.42 Å². The highest BCUT2D eigenvalue weighted by Crippen LogP contribution is 2.37. The smallest absolute Gasteiger partial charge is 0.410 e. The van der Waals surface area contributed by atoms with Gasteiger partial charge in [-0.25, -0.2) is 4.79 Å². The maximum atomic E-state index is 12.1. The largest absolute Gasteiger partial charge is 0.444 e. The molecule has 20 heavy (non-hydrogen) atoms. The van der Waals surface area contributed by atoms with Crippen LogP contribution in [0.1, 0.15) is 57.3 Å². The summed E-state index contributed by atoms with van der Waals surface area (Å²) in [5.41, 5.74) is 7.58. The van der Waals surface area contributed by atoms with E-state index in [0.29, 0.717) is 24.9 Å². The molecule has 0 bridgehead atoms. The molecule has 1 aromatic rings. The fourth-order valence-electron chi connectivity index (χ4n) is 2.68. The number of anilines is 1. The van der Waals surface area contributed by atoms with Crippen LogP contribution >= 0.6 is 0 Å². The van der Waals surface area contributed by atoms with Gasteiger partial charge in [-0.1, -0.05) is 0 Å². The second-order valence-corrected chi connectivity index (χ2v) is 6.68. The number of carbonyl (C=O) groups is 1. The van der Waals surface area contributed by atoms with Crippen LogP contribution in [-0.4, -0.2) is 26.4 Å². The van der Waals surface area contributed by atoms with Gasteiger partial charge >= 0.3 is 6.09 Å². The van der Waals surface area contributed by atoms with Gasteiger partial charge in [0.25, 0.3) is 0 Å². The van der Waals surface area contributed by atoms with Crippen molar-refractivity contribution in [3.8, 4) is 0 Å². The molecule has 1 fully saturated rings. The minimum atomic E-state index is -0.475. The lowest BCUT2D eigenvalue weighted by atomic mass is 9.93. The summed E-state index contributed by atoms with van der Waals surface area (Å²) in [6, 6.07) is 0.458. The zero-order chi connectivity index (χ0) is 14.5. The third-order valence-electron chi connectivity index (χ3n) is 3.91. The highest BCUT2D eigenvalue weighted by molar-refractivity contribution is 5.70. The van der Waals surface area contributed by atoms with Gasteiger partial charge in [-0.15, -0.1) is 0 Å². The van der Waals surface area contributed by atoms with Crippen molar-refractivity contribution in [2.45, 2.75) is 64.8 Å². The van der Waals surface area contributed by atoms with Gasteiger partial charge in [0.1, 0.15) is 5.60 Å². The summed E-state index contributed by atoms with van der Waals surface area (Å²) < 4.78 is 7.45. The Kier molecular flexibility index (Phi) is 2.92. The molecule has 1 amide bonds. The Balaban J connectivity index is 1.77. The van der Waals surface area contributed by atoms with E-state index >= 15 is 0 Å². The van der Waals surface area contributed by atoms with Gasteiger partial charge in [-0.05, 0) is 40.0 Å². The Bertz CT molecular complexity index is 540. The molecule has 1 aliphatic heterocycles. The first kappa shape index (κ1) is 13.3. The number of ether oxygens (including phenoxy) is 1. The third kappa shape index (κ3) is 2.23. The highest BCUT2D eigenvalue weighted by Gasteiger charge is 2.35. The molecular formula is C14H22N4O2. The second-order valence-electron chi connectivity index (χ2n) is 6.68. The first-order valence-electron chi connectivity index (χ1n) is 7.19. The summed E-state index contributed by atoms with van der Waals surface area (Å²) >= 11 is 0. The lowest BCUT2D eigenvalue weighted by Gasteiger charge is -2.28. The van der Waals surface area contributed by atoms with Crippen molar-refractivity contribution in [2.24, 2.45) is 0 Å². The average molecular weight is 278 g/mol. The number of nitrogen functional groups attached to an aromatic ring is 1. The molecule has 2 heterocycles. The maximum Gasteiger partial charge on any atom is 0.410 e. The van der Waals surface area contributed by atoms with Crippen molar-refractivity contribution in [1.29, 1.82) is 0 Å². The molecule has 110 valence electrons. The first-order chi connectivity index (χ1) is 9.35. The molecule has 1 aliphatic carbocycles. The lowest BCUT2D eigenvalue weighted by molar-refractivity contribution is 0.0237. The number of amides is 1. The quantitative estimate of drug-likeness (QED) is 0.856. The number of aromatic nitrogens is 2. The molecule has 0 spiro atoms. The summed E-state index contributed by atoms with van der Waals surface area (Å²) in [5.74, 6) is 0.554. The van der Waals surface area contributed by atoms with Crippen LogP contribution in [0.5, 0.6) is 0 Å². The van der Waals surface area contributed by atoms with Crippen LogP contribution in [-0.2, 0) is 17.8 Å². The number of carbonyl (C=O) groups excluding carboxylic acids is 1. The molecule has 0 aromatic carbocycles. The Labute approximate surface area is 118 Å². The number of hydrogen-bond donors (Lipinski definition) is 1. The van der Waals surface area contributed by atoms with Gasteiger partial charge in [0, 0.05) is 5.56 Å². The number of hydrogen-bond acceptors (Lipinski definition) is 4. The van der Waals surface area contributed by atoms with Crippen LogP contribution in [0.25, 0.3) is 0 Å². The summed E-state index contributed by atoms with van der Waals surface area (Å²) in [4.78, 5) is 13.8. The van der Waals surface area contributed by atoms with E-state index in [4.69, 9.17) is 10.5 Å². The zero-order valence-electron chi connectivity index (χ0n) is 12.3. The predicted molar refractivity (Wildman–Crippen MR) is 75.0 cm³/mol. The first-order valence-corrected chi connectivity index (χ1v) is 7.19. The minimum Gasteiger partial charge on any atom is -0.444 e. The summed E-state index contributed by atoms with van der Waals surface area (Å²) in [5, 5.41) is 4.44. The number of nitrogens with zero attached hydrogens (tertiary/aromatic N) is 3. The van der Waals surface area contributed by atoms with E-state index in [-0.39, 0.29) is 6.09 Å². The number of rotatable bonds is 1. The van der Waals surface area contributed by atoms with Gasteiger partial charge in [-0.2, -0.15) is 5.10 Å². The van der Waals surface area contributed by atoms with Crippen molar-refractivity contribution in [3.63, 3.8) is 0 Å². The van der Waals surface area contributed by atoms with Crippen LogP contribution in [0.2, 0.25) is 0 Å². The SMILES string of the molecule is CC(C)(C)OC(=O)N1Cc2c(N)nn(C3CCC3)c2C1. The number of fused-ring (bicyclic) bond motifs is 1. The molecule has 3 rings (SSSR count). The molecule has 0 saturated heterocycles. The van der Waals surface area contributed by atoms with Crippen LogP contribution in [0, 0.1) is 0 Å². The van der Waals surface area contributed by atoms with Crippen molar-refractivity contribution in [1.82, 2.24) is 14.7 Å². The zero-order valence-corrected chi connectivity index (χ0v) is 12.3. The Hall–Kier alpha value is -1.72. The van der Waals surface area contributed by atoms with E-state index in [1.54, 1.807) is 4.90 Å². The van der Waals surface area contributed by atoms with Gasteiger partial charge < -0.3 is 10.5 Å². The summed E-state index contributed by atoms with van der Waals surface area (Å²) in [6.07, 6.45) is 3.27. The monoisotopic (exact) mass is 278 g/mol. The van der Waals surface area contributed by atoms with Crippen LogP contribution in [0.3, 0.4) is 0 Å². The molecule has 6 heteroatoms. The van der Waals surface area contributed by atoms with Gasteiger partial charge in [-0.3, -0.25) is 9.58 Å². The van der Waals surface area contributed by atoms with E-state index in [9.17, 15) is 4.79 Å². The average Bonchev–Trinajstić information content (AvgIpc) is 2.76. The van der Waals surface area contributed by atoms with Gasteiger partial charge in [0.2, 0.25) is 0 Å². The molecule has 2 aliphatic rings. The normalized spacial score (nSPS) is 18.9. The van der Waals surface area contributed by atoms with Crippen LogP contribution in [0.4, 0.5) is 10.6 Å². The molecular weight excluding hydrogens is 256 g/mol. The fourth-order valence-corrected chi connectivity index (χ4v) is 2.68. The summed E-state index contributed by atoms with van der Waals surface area (Å²) in [6.45, 7) is 6.67. The second kappa shape index (κ2) is 4.40. The Morgan fingerprint density at radius 3 is 2.60 bits per heavy atom. The maximum absolute atomic E-state index is 12.1. The van der Waals surface area contributed by atoms with Gasteiger partial charge in [0.15, 0.2) is 5.82 Å². The fraction of sp³-hybridized carbons (Fsp3) is 0.714. The van der Waals surface area contributed by atoms with E-state index < -0.39 is 5.60 Å². The Morgan fingerprint density at radius 2 is 2.05 bits per heavy atom. The topological polar surface area (TPSA) is 73.4 Å². The minimum absolute atomic E-state index is 0.284. The van der Waals surface area contributed by atoms with E-state index in [2.05, 4.69) is 5.10 Å². The van der Waals surface area contributed by atoms with E-state index in [1.807, 2.05) is 25.5 Å². The van der Waals surface area contributed by atoms with Crippen molar-refractivity contribution in [3.05, 3.63) is 11.3 Å². The third-order valence-corrected chi connectivity index (χ3v) is 3.91. The molecule has 1 saturated carbocycles. The number of nitrogens with two attached hydrogens (primary N) is 1. The van der Waals surface area contributed by atoms with Crippen molar-refractivity contribution < 1.29 is 9.53 Å². The highest BCUT2D eigenvalue weighted by atomic mass is 16.6. The lowest BCUT2D eigenvalue weighted by Crippen LogP contribution is -2.34. The van der Waals surface area contributed by atoms with Crippen molar-refractivity contribution >= 4 is 11.9 Å². The molecule has 6 nitrogen and oxygen atoms in total. The molecule has 1 aromatic heterocycles. The van der Waals surface area contributed by atoms with E-state index in [0.717, 1.165) is 24.1 Å². The Morgan fingerprint density at radius 1 is 1.35 bits per heavy atom. The standard InChI is InChI=1S/C14H22N4O2/c1-14(2,3)20-13(19)17-7-10-11(8-17)18(16-12(10)15)9-5-4-6-9/h9H,4-8H2,1-3H3,(H2,15,16).